The SMILES string of the molecule is CC(C)(C)C(O)OP(=O)(O)O. The Morgan fingerprint density at radius 2 is 1.73 bits per heavy atom. The van der Waals surface area contributed by atoms with Crippen molar-refractivity contribution >= 4 is 7.82 Å². The molecule has 0 heterocycles. The molecule has 0 saturated heterocycles. The van der Waals surface area contributed by atoms with Crippen LogP contribution in [0.25, 0.3) is 0 Å². The molecule has 1 unspecified atom stereocenters. The quantitative estimate of drug-likeness (QED) is 0.428. The Morgan fingerprint density at radius 1 is 1.36 bits per heavy atom. The summed E-state index contributed by atoms with van der Waals surface area (Å²) in [6.07, 6.45) is -1.46. The molecule has 0 aromatic carbocycles. The molecule has 5 nitrogen and oxygen atoms in total. The van der Waals surface area contributed by atoms with E-state index in [0.717, 1.165) is 0 Å². The van der Waals surface area contributed by atoms with Crippen molar-refractivity contribution in [1.29, 1.82) is 0 Å². The molecule has 0 rings (SSSR count). The highest BCUT2D eigenvalue weighted by molar-refractivity contribution is 7.46. The van der Waals surface area contributed by atoms with Crippen LogP contribution in [-0.4, -0.2) is 21.2 Å². The molecule has 68 valence electrons. The molecule has 0 radical (unpaired) electrons. The van der Waals surface area contributed by atoms with Gasteiger partial charge in [-0.15, -0.1) is 0 Å². The van der Waals surface area contributed by atoms with Gasteiger partial charge in [0.1, 0.15) is 0 Å². The van der Waals surface area contributed by atoms with Gasteiger partial charge in [0.2, 0.25) is 0 Å². The van der Waals surface area contributed by atoms with Crippen LogP contribution >= 0.6 is 7.82 Å². The van der Waals surface area contributed by atoms with Crippen LogP contribution in [0.3, 0.4) is 0 Å². The van der Waals surface area contributed by atoms with Gasteiger partial charge in [-0.3, -0.25) is 4.52 Å². The highest BCUT2D eigenvalue weighted by Crippen LogP contribution is 2.40. The topological polar surface area (TPSA) is 87.0 Å². The lowest BCUT2D eigenvalue weighted by molar-refractivity contribution is -0.106. The van der Waals surface area contributed by atoms with Crippen LogP contribution in [0.4, 0.5) is 0 Å². The molecule has 6 heteroatoms. The summed E-state index contributed by atoms with van der Waals surface area (Å²) in [5.74, 6) is 0. The monoisotopic (exact) mass is 184 g/mol. The van der Waals surface area contributed by atoms with Crippen molar-refractivity contribution in [1.82, 2.24) is 0 Å². The van der Waals surface area contributed by atoms with Crippen LogP contribution in [0.5, 0.6) is 0 Å². The molecule has 0 aromatic rings. The smallest absolute Gasteiger partial charge is 0.367 e. The molecule has 0 saturated carbocycles. The number of hydrogen-bond donors (Lipinski definition) is 3. The maximum Gasteiger partial charge on any atom is 0.471 e. The van der Waals surface area contributed by atoms with Gasteiger partial charge in [0.05, 0.1) is 0 Å². The third kappa shape index (κ3) is 5.35. The van der Waals surface area contributed by atoms with Gasteiger partial charge in [0, 0.05) is 5.41 Å². The molecular formula is C5H13O5P. The number of phosphoric ester groups is 1. The van der Waals surface area contributed by atoms with Crippen molar-refractivity contribution in [3.05, 3.63) is 0 Å². The fourth-order valence-electron chi connectivity index (χ4n) is 0.288. The third-order valence-corrected chi connectivity index (χ3v) is 1.45. The number of aliphatic hydroxyl groups is 1. The van der Waals surface area contributed by atoms with Crippen LogP contribution in [-0.2, 0) is 9.09 Å². The fourth-order valence-corrected chi connectivity index (χ4v) is 0.865. The predicted octanol–water partition coefficient (Wildman–Crippen LogP) is 0.460. The van der Waals surface area contributed by atoms with Gasteiger partial charge in [-0.2, -0.15) is 0 Å². The zero-order valence-corrected chi connectivity index (χ0v) is 7.58. The average molecular weight is 184 g/mol. The van der Waals surface area contributed by atoms with Crippen molar-refractivity contribution in [3.63, 3.8) is 0 Å². The van der Waals surface area contributed by atoms with E-state index < -0.39 is 19.5 Å². The molecule has 0 amide bonds. The van der Waals surface area contributed by atoms with Gasteiger partial charge in [-0.25, -0.2) is 4.57 Å². The summed E-state index contributed by atoms with van der Waals surface area (Å²) >= 11 is 0. The molecule has 0 spiro atoms. The molecule has 0 fully saturated rings. The predicted molar refractivity (Wildman–Crippen MR) is 38.6 cm³/mol. The Bertz CT molecular complexity index is 166. The highest BCUT2D eigenvalue weighted by atomic mass is 31.2. The van der Waals surface area contributed by atoms with E-state index in [1.54, 1.807) is 20.8 Å². The normalized spacial score (nSPS) is 16.5. The lowest BCUT2D eigenvalue weighted by Crippen LogP contribution is -2.27. The van der Waals surface area contributed by atoms with Crippen molar-refractivity contribution in [2.75, 3.05) is 0 Å². The minimum Gasteiger partial charge on any atom is -0.367 e. The summed E-state index contributed by atoms with van der Waals surface area (Å²) in [5.41, 5.74) is -0.693. The summed E-state index contributed by atoms with van der Waals surface area (Å²) in [6, 6.07) is 0. The molecule has 0 aliphatic heterocycles. The summed E-state index contributed by atoms with van der Waals surface area (Å²) < 4.78 is 14.2. The highest BCUT2D eigenvalue weighted by Gasteiger charge is 2.29. The second-order valence-electron chi connectivity index (χ2n) is 3.31. The van der Waals surface area contributed by atoms with Crippen molar-refractivity contribution in [3.8, 4) is 0 Å². The van der Waals surface area contributed by atoms with Crippen LogP contribution in [0.15, 0.2) is 0 Å². The first kappa shape index (κ1) is 11.1. The number of rotatable bonds is 2. The van der Waals surface area contributed by atoms with E-state index in [0.29, 0.717) is 0 Å². The number of hydrogen-bond acceptors (Lipinski definition) is 3. The second kappa shape index (κ2) is 3.21. The van der Waals surface area contributed by atoms with E-state index in [2.05, 4.69) is 4.52 Å². The van der Waals surface area contributed by atoms with Crippen LogP contribution in [0, 0.1) is 5.41 Å². The van der Waals surface area contributed by atoms with Gasteiger partial charge in [0.15, 0.2) is 6.29 Å². The molecule has 3 N–H and O–H groups in total. The van der Waals surface area contributed by atoms with Gasteiger partial charge < -0.3 is 14.9 Å². The van der Waals surface area contributed by atoms with Crippen molar-refractivity contribution in [2.24, 2.45) is 5.41 Å². The van der Waals surface area contributed by atoms with E-state index in [1.165, 1.54) is 0 Å². The Hall–Kier alpha value is 0.0700. The minimum absolute atomic E-state index is 0.693. The molecule has 0 aliphatic carbocycles. The van der Waals surface area contributed by atoms with E-state index >= 15 is 0 Å². The summed E-state index contributed by atoms with van der Waals surface area (Å²) in [6.45, 7) is 4.81. The fraction of sp³-hybridized carbons (Fsp3) is 1.00. The Labute approximate surface area is 65.2 Å². The van der Waals surface area contributed by atoms with E-state index in [-0.39, 0.29) is 0 Å². The second-order valence-corrected chi connectivity index (χ2v) is 4.51. The zero-order chi connectivity index (χ0) is 9.28. The summed E-state index contributed by atoms with van der Waals surface area (Å²) in [5, 5.41) is 9.01. The molecule has 0 aliphatic rings. The van der Waals surface area contributed by atoms with Gasteiger partial charge in [-0.05, 0) is 0 Å². The number of aliphatic hydroxyl groups excluding tert-OH is 1. The van der Waals surface area contributed by atoms with Crippen LogP contribution < -0.4 is 0 Å². The van der Waals surface area contributed by atoms with Gasteiger partial charge in [0.25, 0.3) is 0 Å². The average Bonchev–Trinajstić information content (AvgIpc) is 1.56. The lowest BCUT2D eigenvalue weighted by Gasteiger charge is -2.25. The molecule has 0 aromatic heterocycles. The van der Waals surface area contributed by atoms with E-state index in [9.17, 15) is 4.57 Å². The Balaban J connectivity index is 4.10. The van der Waals surface area contributed by atoms with Crippen molar-refractivity contribution < 1.29 is 24.0 Å². The lowest BCUT2D eigenvalue weighted by atomic mass is 9.96. The maximum atomic E-state index is 10.2. The Morgan fingerprint density at radius 3 is 1.82 bits per heavy atom. The van der Waals surface area contributed by atoms with E-state index in [4.69, 9.17) is 14.9 Å². The van der Waals surface area contributed by atoms with Gasteiger partial charge >= 0.3 is 7.82 Å². The first-order valence-corrected chi connectivity index (χ1v) is 4.58. The summed E-state index contributed by atoms with van der Waals surface area (Å²) in [4.78, 5) is 16.6. The molecular weight excluding hydrogens is 171 g/mol. The standard InChI is InChI=1S/C5H13O5P/c1-5(2,3)4(6)10-11(7,8)9/h4,6H,1-3H3,(H2,7,8,9). The minimum atomic E-state index is -4.57. The third-order valence-electron chi connectivity index (χ3n) is 0.978. The molecule has 11 heavy (non-hydrogen) atoms. The summed E-state index contributed by atoms with van der Waals surface area (Å²) in [7, 11) is -4.57. The zero-order valence-electron chi connectivity index (χ0n) is 6.68. The Kier molecular flexibility index (Phi) is 3.23. The van der Waals surface area contributed by atoms with Gasteiger partial charge in [-0.1, -0.05) is 20.8 Å². The van der Waals surface area contributed by atoms with Crippen LogP contribution in [0.2, 0.25) is 0 Å². The first-order valence-electron chi connectivity index (χ1n) is 3.05. The van der Waals surface area contributed by atoms with Crippen LogP contribution in [0.1, 0.15) is 20.8 Å². The van der Waals surface area contributed by atoms with E-state index in [1.807, 2.05) is 0 Å². The largest absolute Gasteiger partial charge is 0.471 e. The maximum absolute atomic E-state index is 10.2. The first-order chi connectivity index (χ1) is 4.63. The molecule has 0 bridgehead atoms. The van der Waals surface area contributed by atoms with Crippen molar-refractivity contribution in [2.45, 2.75) is 27.1 Å². The molecule has 1 atom stereocenters. The number of phosphoric acid groups is 1.